The summed E-state index contributed by atoms with van der Waals surface area (Å²) in [5.74, 6) is 1.17. The predicted molar refractivity (Wildman–Crippen MR) is 166 cm³/mol. The van der Waals surface area contributed by atoms with Gasteiger partial charge < -0.3 is 15.1 Å². The molecule has 3 aliphatic heterocycles. The first-order chi connectivity index (χ1) is 20.6. The second-order valence-electron chi connectivity index (χ2n) is 11.9. The predicted octanol–water partition coefficient (Wildman–Crippen LogP) is 3.85. The summed E-state index contributed by atoms with van der Waals surface area (Å²) in [5.41, 5.74) is 5.53. The van der Waals surface area contributed by atoms with E-state index in [1.807, 2.05) is 41.3 Å². The van der Waals surface area contributed by atoms with Crippen molar-refractivity contribution in [2.45, 2.75) is 63.8 Å². The van der Waals surface area contributed by atoms with Crippen LogP contribution in [0.4, 0.5) is 5.69 Å². The van der Waals surface area contributed by atoms with Crippen molar-refractivity contribution >= 4 is 34.9 Å². The van der Waals surface area contributed by atoms with Gasteiger partial charge in [-0.1, -0.05) is 60.8 Å². The summed E-state index contributed by atoms with van der Waals surface area (Å²) in [6.45, 7) is 6.19. The molecule has 9 nitrogen and oxygen atoms in total. The first-order valence-corrected chi connectivity index (χ1v) is 15.9. The van der Waals surface area contributed by atoms with Gasteiger partial charge in [-0.3, -0.25) is 24.8 Å². The number of hydrogen-bond acceptors (Lipinski definition) is 7. The number of hydrogen-bond donors (Lipinski definition) is 2. The summed E-state index contributed by atoms with van der Waals surface area (Å²) in [6.07, 6.45) is 5.73. The van der Waals surface area contributed by atoms with E-state index in [1.54, 1.807) is 0 Å². The van der Waals surface area contributed by atoms with Gasteiger partial charge in [0.05, 0.1) is 5.92 Å². The number of anilines is 1. The second-order valence-corrected chi connectivity index (χ2v) is 12.3. The number of carbonyl (C=O) groups excluding carboxylic acids is 2. The molecule has 1 aliphatic carbocycles. The second kappa shape index (κ2) is 13.3. The van der Waals surface area contributed by atoms with Crippen molar-refractivity contribution in [1.29, 1.82) is 0 Å². The number of fused-ring (bicyclic) bond motifs is 3. The Labute approximate surface area is 253 Å². The van der Waals surface area contributed by atoms with Gasteiger partial charge in [-0.2, -0.15) is 5.10 Å². The van der Waals surface area contributed by atoms with Crippen LogP contribution in [0.2, 0.25) is 5.02 Å². The molecule has 3 unspecified atom stereocenters. The van der Waals surface area contributed by atoms with Crippen molar-refractivity contribution < 1.29 is 9.59 Å². The Morgan fingerprint density at radius 2 is 1.83 bits per heavy atom. The van der Waals surface area contributed by atoms with E-state index in [1.165, 1.54) is 5.69 Å². The minimum atomic E-state index is -0.283. The fourth-order valence-corrected chi connectivity index (χ4v) is 7.11. The Kier molecular flexibility index (Phi) is 9.15. The van der Waals surface area contributed by atoms with E-state index >= 15 is 0 Å². The van der Waals surface area contributed by atoms with Gasteiger partial charge in [0.1, 0.15) is 5.84 Å². The molecule has 0 aromatic heterocycles. The fourth-order valence-electron chi connectivity index (χ4n) is 6.93. The molecule has 3 atom stereocenters. The maximum Gasteiger partial charge on any atom is 0.231 e. The topological polar surface area (TPSA) is 83.5 Å². The molecule has 0 spiro atoms. The maximum atomic E-state index is 13.6. The maximum absolute atomic E-state index is 13.6. The summed E-state index contributed by atoms with van der Waals surface area (Å²) >= 11 is 6.16. The van der Waals surface area contributed by atoms with Gasteiger partial charge >= 0.3 is 0 Å². The fraction of sp³-hybridized carbons (Fsp3) is 0.531. The molecule has 0 radical (unpaired) electrons. The molecule has 2 N–H and O–H groups in total. The van der Waals surface area contributed by atoms with Crippen molar-refractivity contribution in [3.05, 3.63) is 65.2 Å². The number of amidine groups is 1. The quantitative estimate of drug-likeness (QED) is 0.409. The summed E-state index contributed by atoms with van der Waals surface area (Å²) in [6, 6.07) is 18.3. The smallest absolute Gasteiger partial charge is 0.231 e. The zero-order valence-electron chi connectivity index (χ0n) is 24.3. The van der Waals surface area contributed by atoms with Crippen molar-refractivity contribution in [3.8, 4) is 0 Å². The van der Waals surface area contributed by atoms with Gasteiger partial charge in [0, 0.05) is 68.9 Å². The van der Waals surface area contributed by atoms with Crippen LogP contribution >= 0.6 is 11.6 Å². The van der Waals surface area contributed by atoms with Gasteiger partial charge in [0.15, 0.2) is 6.29 Å². The van der Waals surface area contributed by atoms with E-state index in [0.717, 1.165) is 81.2 Å². The standard InChI is InChI=1S/C32H42ClN7O2/c33-25-10-6-11-26(22-25)38-20-18-37(19-21-38)17-7-16-34-30(41)15-14-29-35-36-32-39(23-24-8-2-1-3-9-24)31(42)27-12-4-5-13-28(27)40(29)32/h1-3,6,8-11,22,27-28,32,36H,4-5,7,12-21,23H2,(H,34,41). The van der Waals surface area contributed by atoms with E-state index in [-0.39, 0.29) is 30.1 Å². The molecule has 2 aromatic rings. The van der Waals surface area contributed by atoms with E-state index in [2.05, 4.69) is 48.7 Å². The normalized spacial score (nSPS) is 24.1. The molecule has 10 heteroatoms. The molecule has 3 heterocycles. The monoisotopic (exact) mass is 591 g/mol. The highest BCUT2D eigenvalue weighted by molar-refractivity contribution is 6.30. The Morgan fingerprint density at radius 3 is 2.64 bits per heavy atom. The van der Waals surface area contributed by atoms with Crippen LogP contribution < -0.4 is 15.6 Å². The minimum Gasteiger partial charge on any atom is -0.369 e. The van der Waals surface area contributed by atoms with Crippen LogP contribution in [0.5, 0.6) is 0 Å². The van der Waals surface area contributed by atoms with E-state index < -0.39 is 0 Å². The number of nitrogens with one attached hydrogen (secondary N) is 2. The molecule has 6 rings (SSSR count). The van der Waals surface area contributed by atoms with Gasteiger partial charge in [-0.05, 0) is 49.6 Å². The minimum absolute atomic E-state index is 0.00926. The van der Waals surface area contributed by atoms with Crippen molar-refractivity contribution in [1.82, 2.24) is 25.4 Å². The van der Waals surface area contributed by atoms with Crippen molar-refractivity contribution in [3.63, 3.8) is 0 Å². The van der Waals surface area contributed by atoms with Crippen LogP contribution in [0.1, 0.15) is 50.5 Å². The average Bonchev–Trinajstić information content (AvgIpc) is 3.45. The van der Waals surface area contributed by atoms with Gasteiger partial charge in [-0.25, -0.2) is 0 Å². The van der Waals surface area contributed by atoms with E-state index in [4.69, 9.17) is 11.6 Å². The SMILES string of the molecule is O=C(CCC1=NNC2N(Cc3ccccc3)C(=O)C3CCCCC3N12)NCCCN1CCN(c2cccc(Cl)c2)CC1. The number of carbonyl (C=O) groups is 2. The Bertz CT molecular complexity index is 1270. The Hall–Kier alpha value is -3.30. The van der Waals surface area contributed by atoms with Crippen LogP contribution in [0.25, 0.3) is 0 Å². The molecule has 2 aromatic carbocycles. The highest BCUT2D eigenvalue weighted by atomic mass is 35.5. The highest BCUT2D eigenvalue weighted by Crippen LogP contribution is 2.38. The molecular formula is C32H42ClN7O2. The van der Waals surface area contributed by atoms with E-state index in [0.29, 0.717) is 25.9 Å². The Morgan fingerprint density at radius 1 is 1.02 bits per heavy atom. The number of amides is 2. The lowest BCUT2D eigenvalue weighted by atomic mass is 9.80. The number of nitrogens with zero attached hydrogens (tertiary/aromatic N) is 5. The number of rotatable bonds is 10. The lowest BCUT2D eigenvalue weighted by Gasteiger charge is -2.50. The summed E-state index contributed by atoms with van der Waals surface area (Å²) < 4.78 is 0. The van der Waals surface area contributed by atoms with Crippen LogP contribution in [-0.2, 0) is 16.1 Å². The summed E-state index contributed by atoms with van der Waals surface area (Å²) in [4.78, 5) is 35.4. The Balaban J connectivity index is 0.951. The zero-order valence-corrected chi connectivity index (χ0v) is 25.0. The number of piperazine rings is 1. The van der Waals surface area contributed by atoms with Crippen LogP contribution in [-0.4, -0.2) is 83.9 Å². The molecule has 4 aliphatic rings. The molecule has 2 saturated heterocycles. The first kappa shape index (κ1) is 28.8. The largest absolute Gasteiger partial charge is 0.369 e. The number of halogens is 1. The van der Waals surface area contributed by atoms with Crippen LogP contribution in [0.15, 0.2) is 59.7 Å². The molecule has 1 saturated carbocycles. The molecule has 2 amide bonds. The summed E-state index contributed by atoms with van der Waals surface area (Å²) in [5, 5.41) is 8.55. The third kappa shape index (κ3) is 6.52. The van der Waals surface area contributed by atoms with Gasteiger partial charge in [-0.15, -0.1) is 0 Å². The highest BCUT2D eigenvalue weighted by Gasteiger charge is 2.50. The average molecular weight is 592 g/mol. The van der Waals surface area contributed by atoms with Gasteiger partial charge in [0.2, 0.25) is 11.8 Å². The third-order valence-electron chi connectivity index (χ3n) is 9.14. The van der Waals surface area contributed by atoms with Crippen LogP contribution in [0.3, 0.4) is 0 Å². The first-order valence-electron chi connectivity index (χ1n) is 15.5. The molecule has 3 fully saturated rings. The lowest BCUT2D eigenvalue weighted by Crippen LogP contribution is -2.67. The van der Waals surface area contributed by atoms with Crippen LogP contribution in [0, 0.1) is 5.92 Å². The summed E-state index contributed by atoms with van der Waals surface area (Å²) in [7, 11) is 0. The third-order valence-corrected chi connectivity index (χ3v) is 9.38. The number of benzene rings is 2. The molecular weight excluding hydrogens is 550 g/mol. The molecule has 42 heavy (non-hydrogen) atoms. The van der Waals surface area contributed by atoms with Gasteiger partial charge in [0.25, 0.3) is 0 Å². The van der Waals surface area contributed by atoms with Crippen molar-refractivity contribution in [2.24, 2.45) is 11.0 Å². The lowest BCUT2D eigenvalue weighted by molar-refractivity contribution is -0.156. The van der Waals surface area contributed by atoms with Crippen molar-refractivity contribution in [2.75, 3.05) is 44.2 Å². The number of hydrazone groups is 1. The zero-order chi connectivity index (χ0) is 28.9. The van der Waals surface area contributed by atoms with E-state index in [9.17, 15) is 9.59 Å². The molecule has 224 valence electrons. The molecule has 0 bridgehead atoms.